The van der Waals surface area contributed by atoms with Crippen molar-refractivity contribution in [2.24, 2.45) is 0 Å². The van der Waals surface area contributed by atoms with Crippen LogP contribution in [-0.4, -0.2) is 35.1 Å². The van der Waals surface area contributed by atoms with Gasteiger partial charge in [-0.3, -0.25) is 9.59 Å². The first-order valence-electron chi connectivity index (χ1n) is 10.0. The van der Waals surface area contributed by atoms with Crippen molar-refractivity contribution in [1.29, 1.82) is 0 Å². The zero-order valence-corrected chi connectivity index (χ0v) is 19.7. The molecule has 1 unspecified atom stereocenters. The van der Waals surface area contributed by atoms with Crippen molar-refractivity contribution < 1.29 is 9.59 Å². The topological polar surface area (TPSA) is 49.4 Å². The summed E-state index contributed by atoms with van der Waals surface area (Å²) in [6.45, 7) is 4.65. The van der Waals surface area contributed by atoms with Gasteiger partial charge < -0.3 is 10.2 Å². The maximum Gasteiger partial charge on any atom is 0.242 e. The molecule has 0 saturated carbocycles. The monoisotopic (exact) mass is 466 g/mol. The van der Waals surface area contributed by atoms with Crippen LogP contribution < -0.4 is 5.32 Å². The Morgan fingerprint density at radius 3 is 2.47 bits per heavy atom. The third kappa shape index (κ3) is 7.86. The van der Waals surface area contributed by atoms with Gasteiger partial charge in [0.15, 0.2) is 0 Å². The summed E-state index contributed by atoms with van der Waals surface area (Å²) < 4.78 is 0. The molecule has 2 rings (SSSR count). The molecule has 0 aliphatic heterocycles. The van der Waals surface area contributed by atoms with Gasteiger partial charge in [0.05, 0.1) is 10.0 Å². The second-order valence-corrected chi connectivity index (χ2v) is 8.94. The van der Waals surface area contributed by atoms with Crippen LogP contribution >= 0.6 is 35.0 Å². The van der Waals surface area contributed by atoms with Gasteiger partial charge in [-0.15, -0.1) is 0 Å². The van der Waals surface area contributed by atoms with E-state index in [0.717, 1.165) is 17.7 Å². The van der Waals surface area contributed by atoms with E-state index < -0.39 is 6.04 Å². The van der Waals surface area contributed by atoms with Crippen LogP contribution in [0.1, 0.15) is 37.8 Å². The molecule has 0 saturated heterocycles. The van der Waals surface area contributed by atoms with Crippen LogP contribution in [0.25, 0.3) is 0 Å². The molecule has 4 nitrogen and oxygen atoms in total. The third-order valence-electron chi connectivity index (χ3n) is 4.63. The van der Waals surface area contributed by atoms with Crippen molar-refractivity contribution >= 4 is 46.8 Å². The van der Waals surface area contributed by atoms with Gasteiger partial charge in [0.1, 0.15) is 6.04 Å². The Labute approximate surface area is 193 Å². The Hall–Kier alpha value is -1.69. The molecule has 162 valence electrons. The molecule has 0 spiro atoms. The first-order chi connectivity index (χ1) is 14.4. The molecule has 0 aliphatic carbocycles. The zero-order chi connectivity index (χ0) is 21.9. The van der Waals surface area contributed by atoms with Crippen LogP contribution in [0.2, 0.25) is 10.0 Å². The highest BCUT2D eigenvalue weighted by molar-refractivity contribution is 7.98. The number of rotatable bonds is 11. The number of nitrogens with zero attached hydrogens (tertiary/aromatic N) is 1. The maximum atomic E-state index is 13.0. The fourth-order valence-corrected chi connectivity index (χ4v) is 4.09. The lowest BCUT2D eigenvalue weighted by atomic mass is 10.1. The minimum atomic E-state index is -0.572. The maximum absolute atomic E-state index is 13.0. The molecular weight excluding hydrogens is 439 g/mol. The number of benzene rings is 2. The van der Waals surface area contributed by atoms with Crippen LogP contribution in [0.15, 0.2) is 48.5 Å². The van der Waals surface area contributed by atoms with Gasteiger partial charge in [-0.05, 0) is 36.6 Å². The van der Waals surface area contributed by atoms with E-state index in [-0.39, 0.29) is 11.8 Å². The Morgan fingerprint density at radius 1 is 1.07 bits per heavy atom. The first-order valence-corrected chi connectivity index (χ1v) is 12.0. The van der Waals surface area contributed by atoms with E-state index in [4.69, 9.17) is 23.2 Å². The van der Waals surface area contributed by atoms with Gasteiger partial charge in [-0.2, -0.15) is 11.8 Å². The summed E-state index contributed by atoms with van der Waals surface area (Å²) >= 11 is 13.8. The molecule has 7 heteroatoms. The van der Waals surface area contributed by atoms with Crippen molar-refractivity contribution in [2.75, 3.05) is 12.3 Å². The molecule has 2 aromatic carbocycles. The summed E-state index contributed by atoms with van der Waals surface area (Å²) in [6, 6.07) is 14.9. The van der Waals surface area contributed by atoms with Crippen molar-refractivity contribution in [3.63, 3.8) is 0 Å². The van der Waals surface area contributed by atoms with Crippen LogP contribution in [0, 0.1) is 0 Å². The van der Waals surface area contributed by atoms with Gasteiger partial charge >= 0.3 is 0 Å². The smallest absolute Gasteiger partial charge is 0.242 e. The van der Waals surface area contributed by atoms with Crippen molar-refractivity contribution in [3.8, 4) is 0 Å². The molecule has 30 heavy (non-hydrogen) atoms. The first kappa shape index (κ1) is 24.6. The number of carbonyl (C=O) groups is 2. The second-order valence-electron chi connectivity index (χ2n) is 7.03. The number of amides is 2. The molecule has 0 radical (unpaired) electrons. The molecule has 0 aromatic heterocycles. The highest BCUT2D eigenvalue weighted by Gasteiger charge is 2.25. The molecular formula is C23H28Cl2N2O2S. The number of nitrogens with one attached hydrogen (secondary N) is 1. The molecule has 0 fully saturated rings. The normalized spacial score (nSPS) is 11.7. The summed E-state index contributed by atoms with van der Waals surface area (Å²) in [7, 11) is 0. The number of carbonyl (C=O) groups excluding carboxylic acids is 2. The van der Waals surface area contributed by atoms with Gasteiger partial charge in [0, 0.05) is 31.0 Å². The zero-order valence-electron chi connectivity index (χ0n) is 17.4. The van der Waals surface area contributed by atoms with E-state index in [9.17, 15) is 9.59 Å². The van der Waals surface area contributed by atoms with E-state index in [1.165, 1.54) is 5.56 Å². The molecule has 0 aliphatic rings. The number of hydrogen-bond donors (Lipinski definition) is 1. The van der Waals surface area contributed by atoms with E-state index in [0.29, 0.717) is 35.3 Å². The SMILES string of the molecule is CCCNC(=O)C(C)N(Cc1ccc(Cl)c(Cl)c1)C(=O)CCSCc1ccccc1. The van der Waals surface area contributed by atoms with Crippen LogP contribution in [0.4, 0.5) is 0 Å². The largest absolute Gasteiger partial charge is 0.354 e. The second kappa shape index (κ2) is 12.9. The number of thioether (sulfide) groups is 1. The van der Waals surface area contributed by atoms with E-state index in [1.807, 2.05) is 31.2 Å². The molecule has 0 heterocycles. The minimum absolute atomic E-state index is 0.0548. The van der Waals surface area contributed by atoms with Crippen molar-refractivity contribution in [1.82, 2.24) is 10.2 Å². The van der Waals surface area contributed by atoms with Gasteiger partial charge in [0.25, 0.3) is 0 Å². The lowest BCUT2D eigenvalue weighted by Gasteiger charge is -2.29. The third-order valence-corrected chi connectivity index (χ3v) is 6.39. The Morgan fingerprint density at radius 2 is 1.80 bits per heavy atom. The van der Waals surface area contributed by atoms with Crippen molar-refractivity contribution in [2.45, 2.75) is 45.0 Å². The summed E-state index contributed by atoms with van der Waals surface area (Å²) in [4.78, 5) is 27.1. The van der Waals surface area contributed by atoms with E-state index in [2.05, 4.69) is 17.4 Å². The van der Waals surface area contributed by atoms with E-state index >= 15 is 0 Å². The fourth-order valence-electron chi connectivity index (χ4n) is 2.88. The highest BCUT2D eigenvalue weighted by atomic mass is 35.5. The fraction of sp³-hybridized carbons (Fsp3) is 0.391. The summed E-state index contributed by atoms with van der Waals surface area (Å²) in [5, 5.41) is 3.77. The highest BCUT2D eigenvalue weighted by Crippen LogP contribution is 2.24. The molecule has 0 bridgehead atoms. The quantitative estimate of drug-likeness (QED) is 0.440. The predicted octanol–water partition coefficient (Wildman–Crippen LogP) is 5.56. The molecule has 1 atom stereocenters. The van der Waals surface area contributed by atoms with Gasteiger partial charge in [0.2, 0.25) is 11.8 Å². The summed E-state index contributed by atoms with van der Waals surface area (Å²) in [5.41, 5.74) is 2.07. The number of hydrogen-bond acceptors (Lipinski definition) is 3. The minimum Gasteiger partial charge on any atom is -0.354 e. The summed E-state index contributed by atoms with van der Waals surface area (Å²) in [5.74, 6) is 1.34. The van der Waals surface area contributed by atoms with Crippen LogP contribution in [-0.2, 0) is 21.9 Å². The average Bonchev–Trinajstić information content (AvgIpc) is 2.75. The average molecular weight is 467 g/mol. The van der Waals surface area contributed by atoms with Gasteiger partial charge in [-0.1, -0.05) is 66.5 Å². The Kier molecular flexibility index (Phi) is 10.6. The van der Waals surface area contributed by atoms with Gasteiger partial charge in [-0.25, -0.2) is 0 Å². The standard InChI is InChI=1S/C23H28Cl2N2O2S/c1-3-12-26-23(29)17(2)27(15-19-9-10-20(24)21(25)14-19)22(28)11-13-30-16-18-7-5-4-6-8-18/h4-10,14,17H,3,11-13,15-16H2,1-2H3,(H,26,29). The van der Waals surface area contributed by atoms with Crippen LogP contribution in [0.5, 0.6) is 0 Å². The Bertz CT molecular complexity index is 833. The van der Waals surface area contributed by atoms with Crippen molar-refractivity contribution in [3.05, 3.63) is 69.7 Å². The van der Waals surface area contributed by atoms with Crippen LogP contribution in [0.3, 0.4) is 0 Å². The Balaban J connectivity index is 2.01. The number of halogens is 2. The lowest BCUT2D eigenvalue weighted by Crippen LogP contribution is -2.47. The molecule has 2 aromatic rings. The van der Waals surface area contributed by atoms with E-state index in [1.54, 1.807) is 35.7 Å². The molecule has 1 N–H and O–H groups in total. The predicted molar refractivity (Wildman–Crippen MR) is 127 cm³/mol. The lowest BCUT2D eigenvalue weighted by molar-refractivity contribution is -0.140. The molecule has 2 amide bonds. The summed E-state index contributed by atoms with van der Waals surface area (Å²) in [6.07, 6.45) is 1.21.